The van der Waals surface area contributed by atoms with E-state index in [4.69, 9.17) is 9.47 Å². The molecule has 1 saturated heterocycles. The fraction of sp³-hybridized carbons (Fsp3) is 0.667. The first kappa shape index (κ1) is 23.6. The van der Waals surface area contributed by atoms with Gasteiger partial charge in [0.25, 0.3) is 0 Å². The topological polar surface area (TPSA) is 59.6 Å². The van der Waals surface area contributed by atoms with E-state index in [1.807, 2.05) is 32.0 Å². The Kier molecular flexibility index (Phi) is 10.6. The van der Waals surface area contributed by atoms with Gasteiger partial charge in [-0.3, -0.25) is 4.79 Å². The van der Waals surface area contributed by atoms with E-state index < -0.39 is 0 Å². The van der Waals surface area contributed by atoms with Gasteiger partial charge in [-0.15, -0.1) is 12.4 Å². The lowest BCUT2D eigenvalue weighted by atomic mass is 9.95. The van der Waals surface area contributed by atoms with Crippen molar-refractivity contribution in [2.45, 2.75) is 53.0 Å². The summed E-state index contributed by atoms with van der Waals surface area (Å²) in [6.45, 7) is 11.5. The molecule has 2 rings (SSSR count). The SMILES string of the molecule is CCOc1ccc(C(NC(=O)CCC2CCNC2)C(C)C)cc1OCC.Cl. The highest BCUT2D eigenvalue weighted by Crippen LogP contribution is 2.33. The van der Waals surface area contributed by atoms with Gasteiger partial charge in [0, 0.05) is 6.42 Å². The average Bonchev–Trinajstić information content (AvgIpc) is 3.13. The fourth-order valence-corrected chi connectivity index (χ4v) is 3.44. The molecule has 2 atom stereocenters. The third kappa shape index (κ3) is 7.23. The second-order valence-corrected chi connectivity index (χ2v) is 7.26. The van der Waals surface area contributed by atoms with Crippen molar-refractivity contribution >= 4 is 18.3 Å². The van der Waals surface area contributed by atoms with Gasteiger partial charge in [0.1, 0.15) is 0 Å². The Balaban J connectivity index is 0.00000364. The van der Waals surface area contributed by atoms with E-state index in [1.165, 1.54) is 6.42 Å². The van der Waals surface area contributed by atoms with Gasteiger partial charge in [-0.2, -0.15) is 0 Å². The highest BCUT2D eigenvalue weighted by atomic mass is 35.5. The number of rotatable bonds is 10. The molecule has 0 spiro atoms. The standard InChI is InChI=1S/C21H34N2O3.ClH/c1-5-25-18-9-8-17(13-19(18)26-6-2)21(15(3)4)23-20(24)10-7-16-11-12-22-14-16;/h8-9,13,15-16,21-22H,5-7,10-12,14H2,1-4H3,(H,23,24);1H. The maximum absolute atomic E-state index is 12.5. The van der Waals surface area contributed by atoms with Crippen LogP contribution in [-0.4, -0.2) is 32.2 Å². The van der Waals surface area contributed by atoms with Gasteiger partial charge in [0.2, 0.25) is 5.91 Å². The van der Waals surface area contributed by atoms with Gasteiger partial charge in [-0.05, 0) is 69.3 Å². The molecule has 0 aromatic heterocycles. The third-order valence-corrected chi connectivity index (χ3v) is 4.85. The molecule has 2 unspecified atom stereocenters. The minimum atomic E-state index is -0.0286. The molecule has 2 N–H and O–H groups in total. The van der Waals surface area contributed by atoms with Gasteiger partial charge in [-0.25, -0.2) is 0 Å². The highest BCUT2D eigenvalue weighted by molar-refractivity contribution is 5.85. The molecule has 1 aromatic carbocycles. The summed E-state index contributed by atoms with van der Waals surface area (Å²) in [5, 5.41) is 6.58. The summed E-state index contributed by atoms with van der Waals surface area (Å²) in [6, 6.07) is 5.94. The molecular weight excluding hydrogens is 364 g/mol. The Bertz CT molecular complexity index is 575. The second kappa shape index (κ2) is 12.1. The Morgan fingerprint density at radius 3 is 2.52 bits per heavy atom. The zero-order valence-electron chi connectivity index (χ0n) is 17.0. The van der Waals surface area contributed by atoms with Crippen LogP contribution in [0, 0.1) is 11.8 Å². The van der Waals surface area contributed by atoms with Crippen molar-refractivity contribution in [2.24, 2.45) is 11.8 Å². The van der Waals surface area contributed by atoms with E-state index in [1.54, 1.807) is 0 Å². The van der Waals surface area contributed by atoms with E-state index in [2.05, 4.69) is 24.5 Å². The average molecular weight is 399 g/mol. The number of carbonyl (C=O) groups excluding carboxylic acids is 1. The van der Waals surface area contributed by atoms with Crippen LogP contribution in [0.15, 0.2) is 18.2 Å². The van der Waals surface area contributed by atoms with Crippen LogP contribution in [-0.2, 0) is 4.79 Å². The molecule has 0 bridgehead atoms. The van der Waals surface area contributed by atoms with Crippen molar-refractivity contribution in [3.63, 3.8) is 0 Å². The van der Waals surface area contributed by atoms with Crippen LogP contribution in [0.4, 0.5) is 0 Å². The Morgan fingerprint density at radius 1 is 1.22 bits per heavy atom. The van der Waals surface area contributed by atoms with Crippen molar-refractivity contribution in [3.05, 3.63) is 23.8 Å². The first-order valence-corrected chi connectivity index (χ1v) is 9.94. The molecule has 154 valence electrons. The summed E-state index contributed by atoms with van der Waals surface area (Å²) in [5.74, 6) is 2.54. The van der Waals surface area contributed by atoms with Crippen LogP contribution in [0.25, 0.3) is 0 Å². The van der Waals surface area contributed by atoms with Crippen LogP contribution in [0.2, 0.25) is 0 Å². The van der Waals surface area contributed by atoms with Gasteiger partial charge in [0.05, 0.1) is 19.3 Å². The van der Waals surface area contributed by atoms with Crippen molar-refractivity contribution in [1.29, 1.82) is 0 Å². The van der Waals surface area contributed by atoms with Crippen molar-refractivity contribution < 1.29 is 14.3 Å². The smallest absolute Gasteiger partial charge is 0.220 e. The van der Waals surface area contributed by atoms with Crippen LogP contribution in [0.1, 0.15) is 58.6 Å². The van der Waals surface area contributed by atoms with E-state index in [0.29, 0.717) is 31.5 Å². The van der Waals surface area contributed by atoms with E-state index >= 15 is 0 Å². The Labute approximate surface area is 170 Å². The first-order valence-electron chi connectivity index (χ1n) is 9.94. The van der Waals surface area contributed by atoms with Crippen LogP contribution >= 0.6 is 12.4 Å². The minimum absolute atomic E-state index is 0. The molecule has 5 nitrogen and oxygen atoms in total. The predicted molar refractivity (Wildman–Crippen MR) is 112 cm³/mol. The Hall–Kier alpha value is -1.46. The zero-order valence-corrected chi connectivity index (χ0v) is 17.9. The third-order valence-electron chi connectivity index (χ3n) is 4.85. The highest BCUT2D eigenvalue weighted by Gasteiger charge is 2.21. The van der Waals surface area contributed by atoms with Gasteiger partial charge < -0.3 is 20.1 Å². The number of amides is 1. The molecule has 6 heteroatoms. The number of halogens is 1. The number of hydrogen-bond acceptors (Lipinski definition) is 4. The summed E-state index contributed by atoms with van der Waals surface area (Å²) in [5.41, 5.74) is 1.06. The summed E-state index contributed by atoms with van der Waals surface area (Å²) >= 11 is 0. The number of benzene rings is 1. The van der Waals surface area contributed by atoms with Crippen LogP contribution in [0.3, 0.4) is 0 Å². The predicted octanol–water partition coefficient (Wildman–Crippen LogP) is 4.11. The maximum Gasteiger partial charge on any atom is 0.220 e. The monoisotopic (exact) mass is 398 g/mol. The summed E-state index contributed by atoms with van der Waals surface area (Å²) in [7, 11) is 0. The zero-order chi connectivity index (χ0) is 18.9. The molecule has 1 heterocycles. The van der Waals surface area contributed by atoms with Crippen molar-refractivity contribution in [2.75, 3.05) is 26.3 Å². The first-order chi connectivity index (χ1) is 12.5. The largest absolute Gasteiger partial charge is 0.490 e. The molecule has 1 aromatic rings. The van der Waals surface area contributed by atoms with Gasteiger partial charge in [0.15, 0.2) is 11.5 Å². The lowest BCUT2D eigenvalue weighted by molar-refractivity contribution is -0.122. The molecule has 1 amide bonds. The summed E-state index contributed by atoms with van der Waals surface area (Å²) in [4.78, 5) is 12.5. The number of carbonyl (C=O) groups is 1. The summed E-state index contributed by atoms with van der Waals surface area (Å²) < 4.78 is 11.4. The number of ether oxygens (including phenoxy) is 2. The van der Waals surface area contributed by atoms with Crippen molar-refractivity contribution in [3.8, 4) is 11.5 Å². The number of hydrogen-bond donors (Lipinski definition) is 2. The maximum atomic E-state index is 12.5. The van der Waals surface area contributed by atoms with Crippen LogP contribution in [0.5, 0.6) is 11.5 Å². The molecule has 0 radical (unpaired) electrons. The second-order valence-electron chi connectivity index (χ2n) is 7.26. The lowest BCUT2D eigenvalue weighted by Gasteiger charge is -2.24. The van der Waals surface area contributed by atoms with E-state index in [0.717, 1.165) is 36.6 Å². The fourth-order valence-electron chi connectivity index (χ4n) is 3.44. The quantitative estimate of drug-likeness (QED) is 0.622. The molecule has 27 heavy (non-hydrogen) atoms. The van der Waals surface area contributed by atoms with E-state index in [-0.39, 0.29) is 24.4 Å². The number of nitrogens with one attached hydrogen (secondary N) is 2. The molecule has 1 fully saturated rings. The van der Waals surface area contributed by atoms with Gasteiger partial charge >= 0.3 is 0 Å². The molecule has 1 aliphatic heterocycles. The molecular formula is C21H35ClN2O3. The van der Waals surface area contributed by atoms with Crippen molar-refractivity contribution in [1.82, 2.24) is 10.6 Å². The molecule has 1 aliphatic rings. The van der Waals surface area contributed by atoms with E-state index in [9.17, 15) is 4.79 Å². The molecule has 0 saturated carbocycles. The normalized spacial score (nSPS) is 17.3. The van der Waals surface area contributed by atoms with Gasteiger partial charge in [-0.1, -0.05) is 19.9 Å². The van der Waals surface area contributed by atoms with Crippen LogP contribution < -0.4 is 20.1 Å². The lowest BCUT2D eigenvalue weighted by Crippen LogP contribution is -2.32. The molecule has 0 aliphatic carbocycles. The summed E-state index contributed by atoms with van der Waals surface area (Å²) in [6.07, 6.45) is 2.72. The minimum Gasteiger partial charge on any atom is -0.490 e. The Morgan fingerprint density at radius 2 is 1.93 bits per heavy atom.